The van der Waals surface area contributed by atoms with Crippen LogP contribution in [-0.2, 0) is 6.42 Å². The lowest BCUT2D eigenvalue weighted by atomic mass is 10.0. The zero-order valence-corrected chi connectivity index (χ0v) is 13.5. The molecule has 1 atom stereocenters. The van der Waals surface area contributed by atoms with Gasteiger partial charge < -0.3 is 4.74 Å². The molecule has 100 valence electrons. The van der Waals surface area contributed by atoms with Crippen LogP contribution in [0.15, 0.2) is 46.9 Å². The van der Waals surface area contributed by atoms with Gasteiger partial charge in [-0.05, 0) is 36.2 Å². The first-order chi connectivity index (χ1) is 9.10. The Hall–Kier alpha value is -0.870. The maximum atomic E-state index is 13.2. The van der Waals surface area contributed by atoms with Crippen molar-refractivity contribution in [3.05, 3.63) is 63.9 Å². The molecule has 4 heteroatoms. The molecule has 2 aromatic carbocycles. The van der Waals surface area contributed by atoms with Crippen LogP contribution in [0.1, 0.15) is 16.0 Å². The summed E-state index contributed by atoms with van der Waals surface area (Å²) in [6.07, 6.45) is 0.704. The molecule has 0 radical (unpaired) electrons. The third-order valence-electron chi connectivity index (χ3n) is 2.84. The highest BCUT2D eigenvalue weighted by Gasteiger charge is 2.14. The molecule has 0 heterocycles. The lowest BCUT2D eigenvalue weighted by molar-refractivity contribution is 0.409. The van der Waals surface area contributed by atoms with Crippen LogP contribution in [0.4, 0.5) is 4.39 Å². The molecule has 0 spiro atoms. The quantitative estimate of drug-likeness (QED) is 0.649. The number of halogens is 3. The van der Waals surface area contributed by atoms with E-state index in [1.165, 1.54) is 6.07 Å². The summed E-state index contributed by atoms with van der Waals surface area (Å²) in [5, 5.41) is 0. The summed E-state index contributed by atoms with van der Waals surface area (Å²) in [5.41, 5.74) is 2.00. The van der Waals surface area contributed by atoms with E-state index < -0.39 is 0 Å². The average Bonchev–Trinajstić information content (AvgIpc) is 2.38. The molecule has 0 aromatic heterocycles. The smallest absolute Gasteiger partial charge is 0.124 e. The summed E-state index contributed by atoms with van der Waals surface area (Å²) >= 11 is 7.06. The highest BCUT2D eigenvalue weighted by molar-refractivity contribution is 9.10. The minimum absolute atomic E-state index is 0.0809. The van der Waals surface area contributed by atoms with Gasteiger partial charge in [0.1, 0.15) is 11.6 Å². The Morgan fingerprint density at radius 2 is 2.00 bits per heavy atom. The fraction of sp³-hybridized carbons (Fsp3) is 0.200. The van der Waals surface area contributed by atoms with E-state index in [1.54, 1.807) is 19.2 Å². The minimum Gasteiger partial charge on any atom is -0.496 e. The van der Waals surface area contributed by atoms with Gasteiger partial charge >= 0.3 is 0 Å². The Morgan fingerprint density at radius 1 is 1.21 bits per heavy atom. The monoisotopic (exact) mass is 386 g/mol. The predicted octanol–water partition coefficient (Wildman–Crippen LogP) is 5.28. The van der Waals surface area contributed by atoms with Crippen LogP contribution in [0.5, 0.6) is 5.75 Å². The number of hydrogen-bond acceptors (Lipinski definition) is 1. The van der Waals surface area contributed by atoms with Crippen molar-refractivity contribution >= 4 is 31.9 Å². The number of ether oxygens (including phenoxy) is 1. The molecular weight excluding hydrogens is 375 g/mol. The molecule has 0 bridgehead atoms. The Labute approximate surface area is 129 Å². The Kier molecular flexibility index (Phi) is 4.99. The standard InChI is InChI=1S/C15H13Br2FO/c1-19-15-9-11(16)5-6-13(15)14(17)8-10-3-2-4-12(18)7-10/h2-7,9,14H,8H2,1H3. The summed E-state index contributed by atoms with van der Waals surface area (Å²) in [7, 11) is 1.65. The predicted molar refractivity (Wildman–Crippen MR) is 82.5 cm³/mol. The van der Waals surface area contributed by atoms with Crippen molar-refractivity contribution < 1.29 is 9.13 Å². The Balaban J connectivity index is 2.22. The van der Waals surface area contributed by atoms with Gasteiger partial charge in [-0.2, -0.15) is 0 Å². The van der Waals surface area contributed by atoms with Gasteiger partial charge in [0.2, 0.25) is 0 Å². The van der Waals surface area contributed by atoms with E-state index in [1.807, 2.05) is 24.3 Å². The Morgan fingerprint density at radius 3 is 2.68 bits per heavy atom. The molecule has 0 aliphatic rings. The number of rotatable bonds is 4. The van der Waals surface area contributed by atoms with E-state index >= 15 is 0 Å². The summed E-state index contributed by atoms with van der Waals surface area (Å²) in [6, 6.07) is 12.5. The van der Waals surface area contributed by atoms with E-state index in [0.717, 1.165) is 21.3 Å². The van der Waals surface area contributed by atoms with Crippen molar-refractivity contribution in [2.75, 3.05) is 7.11 Å². The van der Waals surface area contributed by atoms with Gasteiger partial charge in [-0.1, -0.05) is 50.1 Å². The summed E-state index contributed by atoms with van der Waals surface area (Å²) in [5.74, 6) is 0.604. The van der Waals surface area contributed by atoms with Crippen LogP contribution >= 0.6 is 31.9 Å². The summed E-state index contributed by atoms with van der Waals surface area (Å²) in [6.45, 7) is 0. The second-order valence-corrected chi connectivity index (χ2v) is 6.21. The van der Waals surface area contributed by atoms with Crippen molar-refractivity contribution in [2.45, 2.75) is 11.2 Å². The second-order valence-electron chi connectivity index (χ2n) is 4.19. The van der Waals surface area contributed by atoms with Crippen LogP contribution < -0.4 is 4.74 Å². The lowest BCUT2D eigenvalue weighted by Crippen LogP contribution is -1.99. The second kappa shape index (κ2) is 6.53. The number of hydrogen-bond donors (Lipinski definition) is 0. The van der Waals surface area contributed by atoms with Crippen LogP contribution in [0, 0.1) is 5.82 Å². The third-order valence-corrected chi connectivity index (χ3v) is 4.15. The van der Waals surface area contributed by atoms with Crippen LogP contribution in [0.3, 0.4) is 0 Å². The third kappa shape index (κ3) is 3.80. The molecule has 1 nitrogen and oxygen atoms in total. The number of alkyl halides is 1. The molecular formula is C15H13Br2FO. The number of methoxy groups -OCH3 is 1. The fourth-order valence-electron chi connectivity index (χ4n) is 1.92. The van der Waals surface area contributed by atoms with Crippen molar-refractivity contribution in [1.82, 2.24) is 0 Å². The zero-order chi connectivity index (χ0) is 13.8. The van der Waals surface area contributed by atoms with Gasteiger partial charge in [0, 0.05) is 14.9 Å². The van der Waals surface area contributed by atoms with E-state index in [2.05, 4.69) is 31.9 Å². The van der Waals surface area contributed by atoms with E-state index in [0.29, 0.717) is 6.42 Å². The summed E-state index contributed by atoms with van der Waals surface area (Å²) < 4.78 is 19.5. The van der Waals surface area contributed by atoms with Crippen LogP contribution in [-0.4, -0.2) is 7.11 Å². The van der Waals surface area contributed by atoms with Gasteiger partial charge in [-0.3, -0.25) is 0 Å². The van der Waals surface area contributed by atoms with Crippen LogP contribution in [0.25, 0.3) is 0 Å². The molecule has 0 N–H and O–H groups in total. The van der Waals surface area contributed by atoms with Crippen molar-refractivity contribution in [1.29, 1.82) is 0 Å². The van der Waals surface area contributed by atoms with Gasteiger partial charge in [-0.15, -0.1) is 0 Å². The lowest BCUT2D eigenvalue weighted by Gasteiger charge is -2.15. The molecule has 19 heavy (non-hydrogen) atoms. The minimum atomic E-state index is -0.208. The zero-order valence-electron chi connectivity index (χ0n) is 10.4. The molecule has 1 unspecified atom stereocenters. The van der Waals surface area contributed by atoms with E-state index in [4.69, 9.17) is 4.74 Å². The van der Waals surface area contributed by atoms with Crippen molar-refractivity contribution in [3.63, 3.8) is 0 Å². The highest BCUT2D eigenvalue weighted by Crippen LogP contribution is 2.35. The Bertz CT molecular complexity index is 572. The normalized spacial score (nSPS) is 12.2. The molecule has 2 aromatic rings. The first-order valence-electron chi connectivity index (χ1n) is 5.82. The SMILES string of the molecule is COc1cc(Br)ccc1C(Br)Cc1cccc(F)c1. The highest BCUT2D eigenvalue weighted by atomic mass is 79.9. The van der Waals surface area contributed by atoms with Gasteiger partial charge in [0.05, 0.1) is 7.11 Å². The molecule has 0 saturated heterocycles. The average molecular weight is 388 g/mol. The van der Waals surface area contributed by atoms with Gasteiger partial charge in [0.15, 0.2) is 0 Å². The van der Waals surface area contributed by atoms with Gasteiger partial charge in [0.25, 0.3) is 0 Å². The molecule has 0 aliphatic carbocycles. The van der Waals surface area contributed by atoms with E-state index in [9.17, 15) is 4.39 Å². The maximum absolute atomic E-state index is 13.2. The van der Waals surface area contributed by atoms with Crippen molar-refractivity contribution in [2.24, 2.45) is 0 Å². The van der Waals surface area contributed by atoms with Crippen molar-refractivity contribution in [3.8, 4) is 5.75 Å². The first kappa shape index (κ1) is 14.5. The number of benzene rings is 2. The van der Waals surface area contributed by atoms with E-state index in [-0.39, 0.29) is 10.6 Å². The summed E-state index contributed by atoms with van der Waals surface area (Å²) in [4.78, 5) is 0.0809. The molecule has 0 fully saturated rings. The maximum Gasteiger partial charge on any atom is 0.124 e. The molecule has 2 rings (SSSR count). The van der Waals surface area contributed by atoms with Gasteiger partial charge in [-0.25, -0.2) is 4.39 Å². The van der Waals surface area contributed by atoms with Crippen LogP contribution in [0.2, 0.25) is 0 Å². The fourth-order valence-corrected chi connectivity index (χ4v) is 3.02. The molecule has 0 amide bonds. The molecule has 0 aliphatic heterocycles. The topological polar surface area (TPSA) is 9.23 Å². The first-order valence-corrected chi connectivity index (χ1v) is 7.53. The largest absolute Gasteiger partial charge is 0.496 e. The molecule has 0 saturated carbocycles.